The lowest BCUT2D eigenvalue weighted by molar-refractivity contribution is -0.139. The Balaban J connectivity index is 1.47. The van der Waals surface area contributed by atoms with Gasteiger partial charge in [0, 0.05) is 32.1 Å². The Labute approximate surface area is 201 Å². The molecule has 1 aromatic carbocycles. The molecule has 0 bridgehead atoms. The fraction of sp³-hybridized carbons (Fsp3) is 0.577. The second-order valence-corrected chi connectivity index (χ2v) is 10.0. The summed E-state index contributed by atoms with van der Waals surface area (Å²) in [6.45, 7) is 7.91. The number of ether oxygens (including phenoxy) is 2. The van der Waals surface area contributed by atoms with E-state index in [-0.39, 0.29) is 30.4 Å². The van der Waals surface area contributed by atoms with Crippen molar-refractivity contribution in [2.75, 3.05) is 32.8 Å². The largest absolute Gasteiger partial charge is 0.482 e. The van der Waals surface area contributed by atoms with Gasteiger partial charge < -0.3 is 24.4 Å². The number of carbonyl (C=O) groups excluding carboxylic acids is 2. The number of aliphatic carboxylic acids is 1. The first-order valence-corrected chi connectivity index (χ1v) is 12.0. The third kappa shape index (κ3) is 7.78. The van der Waals surface area contributed by atoms with Crippen LogP contribution in [0.3, 0.4) is 0 Å². The number of hydrogen-bond acceptors (Lipinski definition) is 5. The molecule has 0 aromatic heterocycles. The van der Waals surface area contributed by atoms with Crippen LogP contribution < -0.4 is 4.74 Å². The molecule has 2 amide bonds. The van der Waals surface area contributed by atoms with Gasteiger partial charge in [-0.1, -0.05) is 18.2 Å². The van der Waals surface area contributed by atoms with Crippen molar-refractivity contribution in [3.05, 3.63) is 42.0 Å². The second-order valence-electron chi connectivity index (χ2n) is 10.0. The van der Waals surface area contributed by atoms with Crippen LogP contribution in [0.25, 0.3) is 0 Å². The lowest BCUT2D eigenvalue weighted by Crippen LogP contribution is -2.41. The van der Waals surface area contributed by atoms with Crippen molar-refractivity contribution in [2.24, 2.45) is 5.92 Å². The summed E-state index contributed by atoms with van der Waals surface area (Å²) in [6, 6.07) is 7.46. The number of carbonyl (C=O) groups is 3. The monoisotopic (exact) mass is 472 g/mol. The molecule has 8 nitrogen and oxygen atoms in total. The molecule has 1 N–H and O–H groups in total. The van der Waals surface area contributed by atoms with Gasteiger partial charge in [-0.3, -0.25) is 4.79 Å². The highest BCUT2D eigenvalue weighted by molar-refractivity contribution is 5.87. The van der Waals surface area contributed by atoms with Crippen molar-refractivity contribution in [2.45, 2.75) is 58.0 Å². The van der Waals surface area contributed by atoms with Gasteiger partial charge in [0.1, 0.15) is 11.4 Å². The fourth-order valence-corrected chi connectivity index (χ4v) is 4.36. The van der Waals surface area contributed by atoms with E-state index in [4.69, 9.17) is 14.6 Å². The Morgan fingerprint density at radius 3 is 2.32 bits per heavy atom. The first kappa shape index (κ1) is 25.6. The van der Waals surface area contributed by atoms with Crippen LogP contribution in [0, 0.1) is 5.92 Å². The minimum absolute atomic E-state index is 0.0284. The van der Waals surface area contributed by atoms with Gasteiger partial charge >= 0.3 is 12.1 Å². The van der Waals surface area contributed by atoms with Crippen molar-refractivity contribution in [1.82, 2.24) is 9.80 Å². The highest BCUT2D eigenvalue weighted by Gasteiger charge is 2.27. The molecule has 0 spiro atoms. The number of rotatable bonds is 6. The summed E-state index contributed by atoms with van der Waals surface area (Å²) in [5, 5.41) is 8.72. The van der Waals surface area contributed by atoms with Crippen LogP contribution in [-0.4, -0.2) is 71.3 Å². The molecule has 8 heteroatoms. The summed E-state index contributed by atoms with van der Waals surface area (Å²) in [4.78, 5) is 39.3. The van der Waals surface area contributed by atoms with E-state index >= 15 is 0 Å². The first-order chi connectivity index (χ1) is 16.1. The maximum atomic E-state index is 12.8. The van der Waals surface area contributed by atoms with E-state index in [1.165, 1.54) is 0 Å². The van der Waals surface area contributed by atoms with Crippen molar-refractivity contribution in [3.63, 3.8) is 0 Å². The Hall–Kier alpha value is -3.03. The summed E-state index contributed by atoms with van der Waals surface area (Å²) in [7, 11) is 0. The molecule has 0 radical (unpaired) electrons. The van der Waals surface area contributed by atoms with Gasteiger partial charge in [0.2, 0.25) is 5.91 Å². The maximum Gasteiger partial charge on any atom is 0.410 e. The predicted octanol–water partition coefficient (Wildman–Crippen LogP) is 4.06. The number of amides is 2. The van der Waals surface area contributed by atoms with E-state index in [0.717, 1.165) is 37.8 Å². The van der Waals surface area contributed by atoms with Gasteiger partial charge in [-0.15, -0.1) is 0 Å². The lowest BCUT2D eigenvalue weighted by Gasteiger charge is -2.33. The van der Waals surface area contributed by atoms with Gasteiger partial charge in [-0.05, 0) is 76.1 Å². The van der Waals surface area contributed by atoms with Crippen LogP contribution in [0.4, 0.5) is 4.79 Å². The number of piperidine rings is 2. The smallest absolute Gasteiger partial charge is 0.410 e. The number of benzene rings is 1. The van der Waals surface area contributed by atoms with Crippen LogP contribution in [0.15, 0.2) is 36.4 Å². The van der Waals surface area contributed by atoms with Crippen LogP contribution in [0.1, 0.15) is 57.9 Å². The number of carboxylic acid groups (broad SMARTS) is 1. The average Bonchev–Trinajstić information content (AvgIpc) is 2.81. The van der Waals surface area contributed by atoms with Gasteiger partial charge in [0.05, 0.1) is 0 Å². The minimum atomic E-state index is -1.01. The second kappa shape index (κ2) is 11.4. The molecular weight excluding hydrogens is 436 g/mol. The molecule has 0 saturated carbocycles. The third-order valence-electron chi connectivity index (χ3n) is 6.15. The van der Waals surface area contributed by atoms with Crippen LogP contribution in [0.2, 0.25) is 0 Å². The molecule has 186 valence electrons. The number of allylic oxidation sites excluding steroid dienone is 1. The minimum Gasteiger partial charge on any atom is -0.482 e. The number of nitrogens with zero attached hydrogens (tertiary/aromatic N) is 2. The highest BCUT2D eigenvalue weighted by atomic mass is 16.6. The van der Waals surface area contributed by atoms with Crippen LogP contribution in [0.5, 0.6) is 5.75 Å². The van der Waals surface area contributed by atoms with E-state index in [2.05, 4.69) is 0 Å². The molecule has 2 fully saturated rings. The highest BCUT2D eigenvalue weighted by Crippen LogP contribution is 2.29. The zero-order valence-electron chi connectivity index (χ0n) is 20.4. The summed E-state index contributed by atoms with van der Waals surface area (Å²) in [5.74, 6) is 0.0710. The normalized spacial score (nSPS) is 19.8. The van der Waals surface area contributed by atoms with Crippen molar-refractivity contribution < 1.29 is 29.0 Å². The molecule has 2 saturated heterocycles. The molecule has 1 atom stereocenters. The van der Waals surface area contributed by atoms with Crippen molar-refractivity contribution >= 4 is 18.0 Å². The number of likely N-dealkylation sites (tertiary alicyclic amines) is 2. The Morgan fingerprint density at radius 2 is 1.71 bits per heavy atom. The third-order valence-corrected chi connectivity index (χ3v) is 6.15. The predicted molar refractivity (Wildman–Crippen MR) is 128 cm³/mol. The summed E-state index contributed by atoms with van der Waals surface area (Å²) in [6.07, 6.45) is 7.00. The number of carboxylic acids is 1. The van der Waals surface area contributed by atoms with Gasteiger partial charge in [-0.25, -0.2) is 9.59 Å². The maximum absolute atomic E-state index is 12.8. The standard InChI is InChI=1S/C26H36N2O6/c1-26(2,3)34-25(32)27-15-12-19(13-16-27)6-11-23(29)28-14-4-5-21(17-28)20-7-9-22(10-8-20)33-18-24(30)31/h6-11,19,21H,4-5,12-18H2,1-3H3,(H,30,31)/b11-6+. The topological polar surface area (TPSA) is 96.4 Å². The van der Waals surface area contributed by atoms with E-state index in [0.29, 0.717) is 25.4 Å². The molecule has 3 rings (SSSR count). The Bertz CT molecular complexity index is 882. The molecule has 1 unspecified atom stereocenters. The van der Waals surface area contributed by atoms with Gasteiger partial charge in [0.25, 0.3) is 0 Å². The molecule has 0 aliphatic carbocycles. The molecule has 2 heterocycles. The average molecular weight is 473 g/mol. The molecular formula is C26H36N2O6. The zero-order chi connectivity index (χ0) is 24.7. The van der Waals surface area contributed by atoms with Crippen molar-refractivity contribution in [3.8, 4) is 5.75 Å². The van der Waals surface area contributed by atoms with E-state index < -0.39 is 11.6 Å². The molecule has 2 aliphatic rings. The summed E-state index contributed by atoms with van der Waals surface area (Å²) in [5.41, 5.74) is 0.626. The summed E-state index contributed by atoms with van der Waals surface area (Å²) >= 11 is 0. The van der Waals surface area contributed by atoms with Gasteiger partial charge in [-0.2, -0.15) is 0 Å². The van der Waals surface area contributed by atoms with Crippen LogP contribution >= 0.6 is 0 Å². The fourth-order valence-electron chi connectivity index (χ4n) is 4.36. The molecule has 2 aliphatic heterocycles. The summed E-state index contributed by atoms with van der Waals surface area (Å²) < 4.78 is 10.6. The zero-order valence-corrected chi connectivity index (χ0v) is 20.4. The SMILES string of the molecule is CC(C)(C)OC(=O)N1CCC(/C=C/C(=O)N2CCCC(c3ccc(OCC(=O)O)cc3)C2)CC1. The first-order valence-electron chi connectivity index (χ1n) is 12.0. The van der Waals surface area contributed by atoms with E-state index in [9.17, 15) is 14.4 Å². The van der Waals surface area contributed by atoms with Crippen molar-refractivity contribution in [1.29, 1.82) is 0 Å². The van der Waals surface area contributed by atoms with E-state index in [1.54, 1.807) is 23.1 Å². The quantitative estimate of drug-likeness (QED) is 0.627. The Kier molecular flexibility index (Phi) is 8.58. The van der Waals surface area contributed by atoms with Crippen LogP contribution in [-0.2, 0) is 14.3 Å². The van der Waals surface area contributed by atoms with Gasteiger partial charge in [0.15, 0.2) is 6.61 Å². The molecule has 1 aromatic rings. The number of hydrogen-bond donors (Lipinski definition) is 1. The van der Waals surface area contributed by atoms with E-state index in [1.807, 2.05) is 43.9 Å². The lowest BCUT2D eigenvalue weighted by atomic mass is 9.90. The molecule has 34 heavy (non-hydrogen) atoms. The Morgan fingerprint density at radius 1 is 1.03 bits per heavy atom.